The largest absolute Gasteiger partial charge is 0.497 e. The lowest BCUT2D eigenvalue weighted by Crippen LogP contribution is -2.33. The Morgan fingerprint density at radius 1 is 1.38 bits per heavy atom. The molecule has 0 atom stereocenters. The number of anilines is 1. The highest BCUT2D eigenvalue weighted by atomic mass is 16.5. The number of hydrogen-bond acceptors (Lipinski definition) is 8. The van der Waals surface area contributed by atoms with Gasteiger partial charge in [-0.15, -0.1) is 0 Å². The van der Waals surface area contributed by atoms with Crippen molar-refractivity contribution in [1.29, 1.82) is 0 Å². The van der Waals surface area contributed by atoms with Gasteiger partial charge >= 0.3 is 5.97 Å². The van der Waals surface area contributed by atoms with E-state index in [4.69, 9.17) is 21.1 Å². The van der Waals surface area contributed by atoms with Gasteiger partial charge in [0, 0.05) is 12.5 Å². The van der Waals surface area contributed by atoms with Gasteiger partial charge in [-0.05, 0) is 19.1 Å². The molecule has 0 aliphatic carbocycles. The van der Waals surface area contributed by atoms with Crippen molar-refractivity contribution in [3.05, 3.63) is 47.3 Å². The van der Waals surface area contributed by atoms with E-state index in [2.05, 4.69) is 4.98 Å². The number of nitrogens with two attached hydrogens (primary N) is 2. The molecule has 0 fully saturated rings. The van der Waals surface area contributed by atoms with Gasteiger partial charge in [0.25, 0.3) is 0 Å². The van der Waals surface area contributed by atoms with Crippen LogP contribution in [0.2, 0.25) is 0 Å². The van der Waals surface area contributed by atoms with E-state index in [1.165, 1.54) is 18.4 Å². The zero-order valence-electron chi connectivity index (χ0n) is 14.4. The smallest absolute Gasteiger partial charge is 0.358 e. The summed E-state index contributed by atoms with van der Waals surface area (Å²) in [5.41, 5.74) is 8.07. The van der Waals surface area contributed by atoms with Gasteiger partial charge in [-0.25, -0.2) is 15.6 Å². The van der Waals surface area contributed by atoms with Gasteiger partial charge in [0.15, 0.2) is 12.0 Å². The fraction of sp³-hybridized carbons (Fsp3) is 0.235. The Morgan fingerprint density at radius 2 is 2.15 bits per heavy atom. The summed E-state index contributed by atoms with van der Waals surface area (Å²) in [5.74, 6) is 6.28. The first-order valence-electron chi connectivity index (χ1n) is 7.92. The van der Waals surface area contributed by atoms with E-state index in [0.717, 1.165) is 0 Å². The minimum Gasteiger partial charge on any atom is -0.497 e. The molecular formula is C17H19N5O4. The summed E-state index contributed by atoms with van der Waals surface area (Å²) >= 11 is 0. The first-order chi connectivity index (χ1) is 12.5. The molecule has 136 valence electrons. The van der Waals surface area contributed by atoms with Crippen LogP contribution in [0, 0.1) is 0 Å². The van der Waals surface area contributed by atoms with Crippen LogP contribution in [-0.4, -0.2) is 35.5 Å². The molecule has 0 amide bonds. The lowest BCUT2D eigenvalue weighted by Gasteiger charge is -2.22. The number of carbonyl (C=O) groups is 2. The van der Waals surface area contributed by atoms with Crippen molar-refractivity contribution in [1.82, 2.24) is 9.55 Å². The average molecular weight is 357 g/mol. The summed E-state index contributed by atoms with van der Waals surface area (Å²) in [6.07, 6.45) is 2.16. The fourth-order valence-corrected chi connectivity index (χ4v) is 2.85. The number of hydrazine groups is 1. The molecule has 9 nitrogen and oxygen atoms in total. The number of esters is 1. The molecule has 0 unspecified atom stereocenters. The summed E-state index contributed by atoms with van der Waals surface area (Å²) in [6, 6.07) is 5.26. The molecule has 0 bridgehead atoms. The van der Waals surface area contributed by atoms with Crippen molar-refractivity contribution in [2.24, 2.45) is 11.6 Å². The number of allylic oxidation sites excluding steroid dienone is 2. The standard InChI is InChI=1S/C17H19N5O4/c1-3-26-17(24)16-15-7-13(11(18)8-23)22(19)14-6-10(25-2)4-5-12(14)21(15)9-20-16/h4-6,8-9H,3,7,18-19H2,1-2H3/b13-11-. The number of aldehydes is 1. The Morgan fingerprint density at radius 3 is 2.81 bits per heavy atom. The number of fused-ring (bicyclic) bond motifs is 3. The number of hydrogen-bond donors (Lipinski definition) is 2. The maximum absolute atomic E-state index is 12.3. The van der Waals surface area contributed by atoms with Crippen molar-refractivity contribution in [2.45, 2.75) is 13.3 Å². The van der Waals surface area contributed by atoms with Crippen molar-refractivity contribution in [3.63, 3.8) is 0 Å². The normalized spacial score (nSPS) is 14.8. The minimum absolute atomic E-state index is 0.0364. The molecule has 0 spiro atoms. The third-order valence-corrected chi connectivity index (χ3v) is 4.12. The number of benzene rings is 1. The molecule has 9 heteroatoms. The highest BCUT2D eigenvalue weighted by Crippen LogP contribution is 2.35. The van der Waals surface area contributed by atoms with E-state index < -0.39 is 5.97 Å². The summed E-state index contributed by atoms with van der Waals surface area (Å²) in [5, 5.41) is 1.32. The van der Waals surface area contributed by atoms with Gasteiger partial charge < -0.3 is 15.2 Å². The number of aromatic nitrogens is 2. The van der Waals surface area contributed by atoms with Gasteiger partial charge in [-0.3, -0.25) is 14.4 Å². The van der Waals surface area contributed by atoms with Crippen LogP contribution < -0.4 is 21.3 Å². The van der Waals surface area contributed by atoms with Gasteiger partial charge in [-0.2, -0.15) is 0 Å². The van der Waals surface area contributed by atoms with Crippen molar-refractivity contribution < 1.29 is 19.1 Å². The molecule has 0 radical (unpaired) electrons. The number of nitrogens with zero attached hydrogens (tertiary/aromatic N) is 3. The molecule has 1 aromatic heterocycles. The summed E-state index contributed by atoms with van der Waals surface area (Å²) in [6.45, 7) is 1.94. The van der Waals surface area contributed by atoms with E-state index in [1.54, 1.807) is 29.7 Å². The van der Waals surface area contributed by atoms with E-state index >= 15 is 0 Å². The first kappa shape index (κ1) is 17.5. The molecule has 1 aliphatic heterocycles. The van der Waals surface area contributed by atoms with E-state index in [-0.39, 0.29) is 24.4 Å². The topological polar surface area (TPSA) is 126 Å². The zero-order chi connectivity index (χ0) is 18.8. The molecule has 1 aliphatic rings. The van der Waals surface area contributed by atoms with Gasteiger partial charge in [-0.1, -0.05) is 0 Å². The van der Waals surface area contributed by atoms with Gasteiger partial charge in [0.05, 0.1) is 42.2 Å². The summed E-state index contributed by atoms with van der Waals surface area (Å²) < 4.78 is 12.1. The highest BCUT2D eigenvalue weighted by molar-refractivity contribution is 5.89. The van der Waals surface area contributed by atoms with Crippen LogP contribution in [0.5, 0.6) is 5.75 Å². The maximum atomic E-state index is 12.3. The fourth-order valence-electron chi connectivity index (χ4n) is 2.85. The molecule has 3 rings (SSSR count). The predicted molar refractivity (Wildman–Crippen MR) is 93.7 cm³/mol. The average Bonchev–Trinajstić information content (AvgIpc) is 3.03. The Balaban J connectivity index is 2.27. The molecular weight excluding hydrogens is 338 g/mol. The Hall–Kier alpha value is -3.33. The Bertz CT molecular complexity index is 903. The van der Waals surface area contributed by atoms with E-state index in [0.29, 0.717) is 34.8 Å². The molecule has 1 aromatic carbocycles. The first-order valence-corrected chi connectivity index (χ1v) is 7.92. The molecule has 0 saturated heterocycles. The number of carbonyl (C=O) groups excluding carboxylic acids is 2. The lowest BCUT2D eigenvalue weighted by molar-refractivity contribution is -0.105. The van der Waals surface area contributed by atoms with Crippen LogP contribution in [0.15, 0.2) is 35.9 Å². The molecule has 2 heterocycles. The Labute approximate surface area is 149 Å². The van der Waals surface area contributed by atoms with Crippen LogP contribution in [0.1, 0.15) is 23.1 Å². The lowest BCUT2D eigenvalue weighted by atomic mass is 10.1. The van der Waals surface area contributed by atoms with E-state index in [1.807, 2.05) is 0 Å². The number of rotatable bonds is 4. The van der Waals surface area contributed by atoms with Crippen LogP contribution in [-0.2, 0) is 16.0 Å². The Kier molecular flexibility index (Phi) is 4.63. The third-order valence-electron chi connectivity index (χ3n) is 4.12. The van der Waals surface area contributed by atoms with Gasteiger partial charge in [0.1, 0.15) is 12.1 Å². The molecule has 4 N–H and O–H groups in total. The van der Waals surface area contributed by atoms with Crippen molar-refractivity contribution in [3.8, 4) is 11.4 Å². The van der Waals surface area contributed by atoms with Crippen LogP contribution >= 0.6 is 0 Å². The predicted octanol–water partition coefficient (Wildman–Crippen LogP) is 0.663. The second kappa shape index (κ2) is 6.89. The molecule has 2 aromatic rings. The SMILES string of the molecule is CCOC(=O)c1ncn2c1C/C(=C(/N)C=O)N(N)c1cc(OC)ccc1-2. The number of imidazole rings is 1. The van der Waals surface area contributed by atoms with Crippen molar-refractivity contribution in [2.75, 3.05) is 18.7 Å². The van der Waals surface area contributed by atoms with Gasteiger partial charge in [0.2, 0.25) is 0 Å². The summed E-state index contributed by atoms with van der Waals surface area (Å²) in [4.78, 5) is 27.7. The molecule has 0 saturated carbocycles. The second-order valence-electron chi connectivity index (χ2n) is 5.55. The molecule has 26 heavy (non-hydrogen) atoms. The third kappa shape index (κ3) is 2.78. The maximum Gasteiger partial charge on any atom is 0.358 e. The monoisotopic (exact) mass is 357 g/mol. The number of ether oxygens (including phenoxy) is 2. The quantitative estimate of drug-likeness (QED) is 0.354. The summed E-state index contributed by atoms with van der Waals surface area (Å²) in [7, 11) is 1.54. The van der Waals surface area contributed by atoms with Crippen LogP contribution in [0.4, 0.5) is 5.69 Å². The van der Waals surface area contributed by atoms with Crippen LogP contribution in [0.3, 0.4) is 0 Å². The second-order valence-corrected chi connectivity index (χ2v) is 5.55. The van der Waals surface area contributed by atoms with Crippen molar-refractivity contribution >= 4 is 17.9 Å². The van der Waals surface area contributed by atoms with Crippen LogP contribution in [0.25, 0.3) is 5.69 Å². The van der Waals surface area contributed by atoms with E-state index in [9.17, 15) is 9.59 Å². The highest BCUT2D eigenvalue weighted by Gasteiger charge is 2.29. The minimum atomic E-state index is -0.550. The number of methoxy groups -OCH3 is 1. The zero-order valence-corrected chi connectivity index (χ0v) is 14.4.